The molecule has 1 unspecified atom stereocenters. The Kier molecular flexibility index (Phi) is 5.47. The molecule has 0 aliphatic rings. The van der Waals surface area contributed by atoms with Crippen LogP contribution in [-0.2, 0) is 19.4 Å². The zero-order valence-electron chi connectivity index (χ0n) is 13.6. The van der Waals surface area contributed by atoms with Gasteiger partial charge in [0.25, 0.3) is 0 Å². The van der Waals surface area contributed by atoms with Crippen LogP contribution in [0.5, 0.6) is 0 Å². The minimum atomic E-state index is -0.530. The Bertz CT molecular complexity index is 820. The van der Waals surface area contributed by atoms with E-state index in [0.29, 0.717) is 25.0 Å². The van der Waals surface area contributed by atoms with Gasteiger partial charge in [0.05, 0.1) is 36.0 Å². The largest absolute Gasteiger partial charge is 0.393 e. The summed E-state index contributed by atoms with van der Waals surface area (Å²) in [4.78, 5) is 4.03. The summed E-state index contributed by atoms with van der Waals surface area (Å²) in [6.45, 7) is -0.134. The van der Waals surface area contributed by atoms with E-state index in [0.717, 1.165) is 16.9 Å². The Labute approximate surface area is 144 Å². The van der Waals surface area contributed by atoms with Gasteiger partial charge in [-0.05, 0) is 49.1 Å². The van der Waals surface area contributed by atoms with Crippen LogP contribution in [0.3, 0.4) is 0 Å². The molecule has 0 spiro atoms. The topological polar surface area (TPSA) is 84.1 Å². The van der Waals surface area contributed by atoms with E-state index in [9.17, 15) is 9.50 Å². The van der Waals surface area contributed by atoms with Crippen molar-refractivity contribution in [3.63, 3.8) is 0 Å². The van der Waals surface area contributed by atoms with Crippen LogP contribution >= 0.6 is 0 Å². The molecule has 2 heterocycles. The Morgan fingerprint density at radius 2 is 1.92 bits per heavy atom. The Morgan fingerprint density at radius 1 is 1.12 bits per heavy atom. The maximum absolute atomic E-state index is 12.9. The molecule has 3 rings (SSSR count). The molecule has 0 aliphatic heterocycles. The molecule has 2 N–H and O–H groups in total. The van der Waals surface area contributed by atoms with Gasteiger partial charge in [-0.25, -0.2) is 9.07 Å². The number of pyridine rings is 1. The molecule has 2 aromatic heterocycles. The van der Waals surface area contributed by atoms with Crippen LogP contribution in [0.25, 0.3) is 5.69 Å². The normalized spacial score (nSPS) is 12.3. The lowest BCUT2D eigenvalue weighted by atomic mass is 10.0. The average Bonchev–Trinajstić information content (AvgIpc) is 3.11. The van der Waals surface area contributed by atoms with Crippen molar-refractivity contribution in [2.75, 3.05) is 0 Å². The van der Waals surface area contributed by atoms with Gasteiger partial charge in [0, 0.05) is 6.20 Å². The fourth-order valence-corrected chi connectivity index (χ4v) is 2.54. The molecule has 0 bridgehead atoms. The molecule has 0 amide bonds. The number of hydrogen-bond acceptors (Lipinski definition) is 5. The van der Waals surface area contributed by atoms with E-state index in [1.165, 1.54) is 12.1 Å². The summed E-state index contributed by atoms with van der Waals surface area (Å²) >= 11 is 0. The van der Waals surface area contributed by atoms with Crippen molar-refractivity contribution in [1.82, 2.24) is 20.0 Å². The molecule has 0 radical (unpaired) electrons. The third kappa shape index (κ3) is 4.68. The predicted molar refractivity (Wildman–Crippen MR) is 89.5 cm³/mol. The first-order chi connectivity index (χ1) is 12.1. The smallest absolute Gasteiger partial charge is 0.123 e. The number of aliphatic hydroxyl groups excluding tert-OH is 2. The fraction of sp³-hybridized carbons (Fsp3) is 0.278. The number of aliphatic hydroxyl groups is 2. The third-order valence-corrected chi connectivity index (χ3v) is 3.89. The summed E-state index contributed by atoms with van der Waals surface area (Å²) in [6, 6.07) is 9.66. The second-order valence-electron chi connectivity index (χ2n) is 5.84. The number of halogens is 1. The number of benzene rings is 1. The summed E-state index contributed by atoms with van der Waals surface area (Å²) < 4.78 is 14.5. The van der Waals surface area contributed by atoms with E-state index in [1.807, 2.05) is 0 Å². The second kappa shape index (κ2) is 7.96. The van der Waals surface area contributed by atoms with E-state index in [1.54, 1.807) is 41.3 Å². The molecule has 1 aromatic carbocycles. The van der Waals surface area contributed by atoms with Gasteiger partial charge < -0.3 is 10.2 Å². The monoisotopic (exact) mass is 342 g/mol. The van der Waals surface area contributed by atoms with Gasteiger partial charge in [-0.15, -0.1) is 5.10 Å². The molecule has 0 saturated carbocycles. The van der Waals surface area contributed by atoms with Gasteiger partial charge in [-0.3, -0.25) is 4.98 Å². The lowest BCUT2D eigenvalue weighted by Crippen LogP contribution is -2.11. The van der Waals surface area contributed by atoms with Crippen molar-refractivity contribution >= 4 is 0 Å². The molecule has 7 heteroatoms. The van der Waals surface area contributed by atoms with Gasteiger partial charge >= 0.3 is 0 Å². The van der Waals surface area contributed by atoms with Crippen molar-refractivity contribution in [1.29, 1.82) is 0 Å². The lowest BCUT2D eigenvalue weighted by Gasteiger charge is -2.09. The van der Waals surface area contributed by atoms with Crippen LogP contribution in [0.2, 0.25) is 0 Å². The van der Waals surface area contributed by atoms with Crippen molar-refractivity contribution in [3.8, 4) is 5.69 Å². The van der Waals surface area contributed by atoms with Gasteiger partial charge in [0.1, 0.15) is 5.82 Å². The standard InChI is InChI=1S/C18H19FN4O2/c19-14-3-1-13(2-4-14)9-18(25)6-5-15-11-23(22-21-15)17-7-8-20-16(10-17)12-24/h1-4,7-8,10-11,18,24-25H,5-6,9,12H2. The summed E-state index contributed by atoms with van der Waals surface area (Å²) in [6.07, 6.45) is 4.46. The molecule has 6 nitrogen and oxygen atoms in total. The van der Waals surface area contributed by atoms with Gasteiger partial charge in [0.2, 0.25) is 0 Å². The summed E-state index contributed by atoms with van der Waals surface area (Å²) in [7, 11) is 0. The van der Waals surface area contributed by atoms with E-state index >= 15 is 0 Å². The number of hydrogen-bond donors (Lipinski definition) is 2. The Balaban J connectivity index is 1.56. The van der Waals surface area contributed by atoms with Crippen LogP contribution in [0.15, 0.2) is 48.8 Å². The Hall–Kier alpha value is -2.64. The molecular weight excluding hydrogens is 323 g/mol. The minimum Gasteiger partial charge on any atom is -0.393 e. The quantitative estimate of drug-likeness (QED) is 0.684. The zero-order chi connectivity index (χ0) is 17.6. The number of aromatic nitrogens is 4. The van der Waals surface area contributed by atoms with E-state index in [2.05, 4.69) is 15.3 Å². The van der Waals surface area contributed by atoms with Gasteiger partial charge in [-0.2, -0.15) is 0 Å². The lowest BCUT2D eigenvalue weighted by molar-refractivity contribution is 0.165. The second-order valence-corrected chi connectivity index (χ2v) is 5.84. The maximum atomic E-state index is 12.9. The summed E-state index contributed by atoms with van der Waals surface area (Å²) in [5, 5.41) is 27.5. The highest BCUT2D eigenvalue weighted by molar-refractivity contribution is 5.30. The maximum Gasteiger partial charge on any atom is 0.123 e. The van der Waals surface area contributed by atoms with Gasteiger partial charge in [-0.1, -0.05) is 17.3 Å². The molecular formula is C18H19FN4O2. The Morgan fingerprint density at radius 3 is 2.68 bits per heavy atom. The van der Waals surface area contributed by atoms with E-state index in [-0.39, 0.29) is 12.4 Å². The van der Waals surface area contributed by atoms with Crippen LogP contribution in [0.1, 0.15) is 23.4 Å². The number of nitrogens with zero attached hydrogens (tertiary/aromatic N) is 4. The van der Waals surface area contributed by atoms with E-state index < -0.39 is 6.10 Å². The van der Waals surface area contributed by atoms with E-state index in [4.69, 9.17) is 5.11 Å². The molecule has 0 fully saturated rings. The highest BCUT2D eigenvalue weighted by Gasteiger charge is 2.09. The predicted octanol–water partition coefficient (Wildman–Crippen LogP) is 1.83. The first-order valence-corrected chi connectivity index (χ1v) is 8.04. The van der Waals surface area contributed by atoms with Crippen molar-refractivity contribution in [2.45, 2.75) is 32.0 Å². The number of aryl methyl sites for hydroxylation is 1. The molecule has 3 aromatic rings. The summed E-state index contributed by atoms with van der Waals surface area (Å²) in [5.74, 6) is -0.282. The van der Waals surface area contributed by atoms with Crippen LogP contribution < -0.4 is 0 Å². The number of rotatable bonds is 7. The fourth-order valence-electron chi connectivity index (χ4n) is 2.54. The molecule has 0 saturated heterocycles. The van der Waals surface area contributed by atoms with Crippen LogP contribution in [0.4, 0.5) is 4.39 Å². The molecule has 1 atom stereocenters. The van der Waals surface area contributed by atoms with Gasteiger partial charge in [0.15, 0.2) is 0 Å². The van der Waals surface area contributed by atoms with Crippen molar-refractivity contribution < 1.29 is 14.6 Å². The first-order valence-electron chi connectivity index (χ1n) is 8.04. The first kappa shape index (κ1) is 17.2. The SMILES string of the molecule is OCc1cc(-n2cc(CCC(O)Cc3ccc(F)cc3)nn2)ccn1. The van der Waals surface area contributed by atoms with Crippen LogP contribution in [0, 0.1) is 5.82 Å². The van der Waals surface area contributed by atoms with Crippen molar-refractivity contribution in [3.05, 3.63) is 71.6 Å². The van der Waals surface area contributed by atoms with Crippen molar-refractivity contribution in [2.24, 2.45) is 0 Å². The average molecular weight is 342 g/mol. The summed E-state index contributed by atoms with van der Waals surface area (Å²) in [5.41, 5.74) is 2.99. The molecule has 130 valence electrons. The molecule has 25 heavy (non-hydrogen) atoms. The highest BCUT2D eigenvalue weighted by atomic mass is 19.1. The van der Waals surface area contributed by atoms with Crippen LogP contribution in [-0.4, -0.2) is 36.3 Å². The third-order valence-electron chi connectivity index (χ3n) is 3.89. The zero-order valence-corrected chi connectivity index (χ0v) is 13.6. The molecule has 0 aliphatic carbocycles. The highest BCUT2D eigenvalue weighted by Crippen LogP contribution is 2.12. The minimum absolute atomic E-state index is 0.134.